The second-order valence-corrected chi connectivity index (χ2v) is 4.88. The molecule has 0 saturated heterocycles. The Bertz CT molecular complexity index is 770. The molecule has 0 aliphatic carbocycles. The van der Waals surface area contributed by atoms with Crippen LogP contribution in [0.4, 0.5) is 0 Å². The Hall–Kier alpha value is -2.14. The molecule has 0 saturated carbocycles. The maximum atomic E-state index is 9.69. The minimum absolute atomic E-state index is 0.0691. The van der Waals surface area contributed by atoms with Crippen molar-refractivity contribution in [2.45, 2.75) is 33.8 Å². The smallest absolute Gasteiger partial charge is 0.178 e. The van der Waals surface area contributed by atoms with Crippen molar-refractivity contribution >= 4 is 5.65 Å². The van der Waals surface area contributed by atoms with Crippen LogP contribution in [0.15, 0.2) is 24.4 Å². The topological polar surface area (TPSA) is 55.4 Å². The van der Waals surface area contributed by atoms with E-state index in [0.717, 1.165) is 29.1 Å². The van der Waals surface area contributed by atoms with Crippen LogP contribution < -0.4 is 0 Å². The molecule has 0 radical (unpaired) electrons. The maximum absolute atomic E-state index is 9.69. The van der Waals surface area contributed by atoms with Crippen LogP contribution in [0.5, 0.6) is 0 Å². The number of aryl methyl sites for hydroxylation is 1. The second kappa shape index (κ2) is 4.76. The monoisotopic (exact) mass is 270 g/mol. The molecule has 3 heterocycles. The second-order valence-electron chi connectivity index (χ2n) is 4.88. The third-order valence-corrected chi connectivity index (χ3v) is 3.75. The molecule has 0 aromatic carbocycles. The third-order valence-electron chi connectivity index (χ3n) is 3.75. The van der Waals surface area contributed by atoms with Crippen LogP contribution in [-0.4, -0.2) is 24.3 Å². The number of aliphatic hydroxyl groups is 1. The Morgan fingerprint density at radius 2 is 2.05 bits per heavy atom. The van der Waals surface area contributed by atoms with E-state index in [9.17, 15) is 5.11 Å². The van der Waals surface area contributed by atoms with Crippen molar-refractivity contribution in [3.05, 3.63) is 47.0 Å². The minimum atomic E-state index is -0.0691. The van der Waals surface area contributed by atoms with Crippen LogP contribution in [0.1, 0.15) is 29.6 Å². The highest BCUT2D eigenvalue weighted by atomic mass is 16.3. The number of hydrogen-bond acceptors (Lipinski definition) is 3. The number of imidazole rings is 1. The lowest BCUT2D eigenvalue weighted by molar-refractivity contribution is 0.275. The molecule has 20 heavy (non-hydrogen) atoms. The summed E-state index contributed by atoms with van der Waals surface area (Å²) in [4.78, 5) is 4.61. The Morgan fingerprint density at radius 3 is 2.70 bits per heavy atom. The van der Waals surface area contributed by atoms with Gasteiger partial charge in [0, 0.05) is 11.9 Å². The van der Waals surface area contributed by atoms with Gasteiger partial charge in [0.25, 0.3) is 0 Å². The van der Waals surface area contributed by atoms with Gasteiger partial charge in [0.15, 0.2) is 5.82 Å². The zero-order chi connectivity index (χ0) is 14.3. The third kappa shape index (κ3) is 1.74. The average molecular weight is 270 g/mol. The van der Waals surface area contributed by atoms with Crippen molar-refractivity contribution in [1.29, 1.82) is 0 Å². The summed E-state index contributed by atoms with van der Waals surface area (Å²) in [5, 5.41) is 14.3. The number of aliphatic hydroxyl groups excluding tert-OH is 1. The fourth-order valence-corrected chi connectivity index (χ4v) is 2.74. The highest BCUT2D eigenvalue weighted by molar-refractivity contribution is 5.49. The van der Waals surface area contributed by atoms with Crippen molar-refractivity contribution in [2.75, 3.05) is 0 Å². The normalized spacial score (nSPS) is 11.4. The van der Waals surface area contributed by atoms with Crippen LogP contribution in [0.25, 0.3) is 11.5 Å². The van der Waals surface area contributed by atoms with Crippen LogP contribution in [0.3, 0.4) is 0 Å². The van der Waals surface area contributed by atoms with Gasteiger partial charge >= 0.3 is 0 Å². The first kappa shape index (κ1) is 12.9. The highest BCUT2D eigenvalue weighted by Gasteiger charge is 2.18. The van der Waals surface area contributed by atoms with Crippen molar-refractivity contribution in [1.82, 2.24) is 19.2 Å². The fraction of sp³-hybridized carbons (Fsp3) is 0.333. The summed E-state index contributed by atoms with van der Waals surface area (Å²) in [6.45, 7) is 6.11. The number of nitrogens with zero attached hydrogens (tertiary/aromatic N) is 4. The largest absolute Gasteiger partial charge is 0.390 e. The molecule has 104 valence electrons. The van der Waals surface area contributed by atoms with Gasteiger partial charge in [0.2, 0.25) is 0 Å². The van der Waals surface area contributed by atoms with Crippen LogP contribution in [-0.2, 0) is 13.0 Å². The Kier molecular flexibility index (Phi) is 3.06. The molecule has 0 bridgehead atoms. The summed E-state index contributed by atoms with van der Waals surface area (Å²) >= 11 is 0. The molecule has 5 nitrogen and oxygen atoms in total. The molecule has 0 aliphatic rings. The number of rotatable bonds is 3. The van der Waals surface area contributed by atoms with Crippen LogP contribution in [0, 0.1) is 13.8 Å². The molecule has 0 amide bonds. The summed E-state index contributed by atoms with van der Waals surface area (Å²) in [5.41, 5.74) is 4.92. The molecule has 0 fully saturated rings. The molecule has 1 N–H and O–H groups in total. The zero-order valence-corrected chi connectivity index (χ0v) is 12.0. The molecule has 5 heteroatoms. The van der Waals surface area contributed by atoms with E-state index < -0.39 is 0 Å². The Labute approximate surface area is 117 Å². The quantitative estimate of drug-likeness (QED) is 0.793. The first-order valence-corrected chi connectivity index (χ1v) is 6.79. The lowest BCUT2D eigenvalue weighted by Gasteiger charge is -2.04. The van der Waals surface area contributed by atoms with E-state index >= 15 is 0 Å². The predicted octanol–water partition coefficient (Wildman–Crippen LogP) is 2.19. The molecule has 0 atom stereocenters. The van der Waals surface area contributed by atoms with Gasteiger partial charge in [0.1, 0.15) is 5.65 Å². The molecule has 0 unspecified atom stereocenters. The molecule has 0 aliphatic heterocycles. The van der Waals surface area contributed by atoms with Crippen LogP contribution in [0.2, 0.25) is 0 Å². The summed E-state index contributed by atoms with van der Waals surface area (Å²) in [6, 6.07) is 5.79. The van der Waals surface area contributed by atoms with Crippen LogP contribution >= 0.6 is 0 Å². The standard InChI is InChI=1S/C15H18N4O/c1-4-12-10(2)17-19(11(12)3)15-13(9-20)18-8-6-5-7-14(18)16-15/h5-8,20H,4,9H2,1-3H3. The molecular weight excluding hydrogens is 252 g/mol. The molecule has 3 rings (SSSR count). The van der Waals surface area contributed by atoms with Gasteiger partial charge < -0.3 is 5.11 Å². The minimum Gasteiger partial charge on any atom is -0.390 e. The van der Waals surface area contributed by atoms with Gasteiger partial charge in [-0.3, -0.25) is 4.40 Å². The van der Waals surface area contributed by atoms with E-state index in [1.165, 1.54) is 5.56 Å². The highest BCUT2D eigenvalue weighted by Crippen LogP contribution is 2.22. The molecule has 3 aromatic rings. The van der Waals surface area contributed by atoms with Crippen molar-refractivity contribution in [3.63, 3.8) is 0 Å². The number of hydrogen-bond donors (Lipinski definition) is 1. The first-order chi connectivity index (χ1) is 9.67. The van der Waals surface area contributed by atoms with Gasteiger partial charge in [-0.2, -0.15) is 5.10 Å². The Morgan fingerprint density at radius 1 is 1.25 bits per heavy atom. The summed E-state index contributed by atoms with van der Waals surface area (Å²) in [6.07, 6.45) is 2.85. The van der Waals surface area contributed by atoms with Gasteiger partial charge in [-0.1, -0.05) is 13.0 Å². The van der Waals surface area contributed by atoms with Gasteiger partial charge in [-0.25, -0.2) is 9.67 Å². The lowest BCUT2D eigenvalue weighted by atomic mass is 10.1. The van der Waals surface area contributed by atoms with E-state index in [1.54, 1.807) is 0 Å². The van der Waals surface area contributed by atoms with E-state index in [1.807, 2.05) is 47.3 Å². The van der Waals surface area contributed by atoms with Crippen molar-refractivity contribution in [2.24, 2.45) is 0 Å². The SMILES string of the molecule is CCc1c(C)nn(-c2nc3ccccn3c2CO)c1C. The predicted molar refractivity (Wildman–Crippen MR) is 77.1 cm³/mol. The van der Waals surface area contributed by atoms with E-state index in [-0.39, 0.29) is 6.61 Å². The van der Waals surface area contributed by atoms with Gasteiger partial charge in [-0.05, 0) is 38.0 Å². The first-order valence-electron chi connectivity index (χ1n) is 6.79. The summed E-state index contributed by atoms with van der Waals surface area (Å²) in [7, 11) is 0. The van der Waals surface area contributed by atoms with E-state index in [2.05, 4.69) is 17.0 Å². The zero-order valence-electron chi connectivity index (χ0n) is 12.0. The summed E-state index contributed by atoms with van der Waals surface area (Å²) < 4.78 is 3.74. The van der Waals surface area contributed by atoms with Crippen molar-refractivity contribution in [3.8, 4) is 5.82 Å². The van der Waals surface area contributed by atoms with E-state index in [0.29, 0.717) is 5.82 Å². The summed E-state index contributed by atoms with van der Waals surface area (Å²) in [5.74, 6) is 0.707. The number of aromatic nitrogens is 4. The van der Waals surface area contributed by atoms with E-state index in [4.69, 9.17) is 0 Å². The van der Waals surface area contributed by atoms with Gasteiger partial charge in [-0.15, -0.1) is 0 Å². The molecular formula is C15H18N4O. The maximum Gasteiger partial charge on any atom is 0.178 e. The Balaban J connectivity index is 2.29. The number of fused-ring (bicyclic) bond motifs is 1. The number of pyridine rings is 1. The average Bonchev–Trinajstić information content (AvgIpc) is 2.95. The molecule has 0 spiro atoms. The molecule has 3 aromatic heterocycles. The van der Waals surface area contributed by atoms with Gasteiger partial charge in [0.05, 0.1) is 18.0 Å². The fourth-order valence-electron chi connectivity index (χ4n) is 2.74. The lowest BCUT2D eigenvalue weighted by Crippen LogP contribution is -2.04. The van der Waals surface area contributed by atoms with Crippen molar-refractivity contribution < 1.29 is 5.11 Å².